The van der Waals surface area contributed by atoms with Crippen molar-refractivity contribution in [3.63, 3.8) is 0 Å². The van der Waals surface area contributed by atoms with Gasteiger partial charge in [-0.15, -0.1) is 10.2 Å². The van der Waals surface area contributed by atoms with Crippen molar-refractivity contribution < 1.29 is 14.3 Å². The quantitative estimate of drug-likeness (QED) is 0.623. The Balaban J connectivity index is 1.21. The van der Waals surface area contributed by atoms with Gasteiger partial charge in [0.05, 0.1) is 30.4 Å². The first-order chi connectivity index (χ1) is 15.6. The lowest BCUT2D eigenvalue weighted by molar-refractivity contribution is -0.148. The molecule has 2 aromatic heterocycles. The van der Waals surface area contributed by atoms with Crippen LogP contribution in [0.2, 0.25) is 0 Å². The molecule has 5 rings (SSSR count). The lowest BCUT2D eigenvalue weighted by atomic mass is 9.74. The molecule has 1 spiro atoms. The van der Waals surface area contributed by atoms with Crippen molar-refractivity contribution in [1.82, 2.24) is 40.2 Å². The molecule has 32 heavy (non-hydrogen) atoms. The molecule has 3 aliphatic rings. The van der Waals surface area contributed by atoms with E-state index in [1.165, 1.54) is 11.0 Å². The summed E-state index contributed by atoms with van der Waals surface area (Å²) < 4.78 is 12.9. The van der Waals surface area contributed by atoms with Crippen LogP contribution in [-0.4, -0.2) is 98.7 Å². The van der Waals surface area contributed by atoms with Gasteiger partial charge in [-0.1, -0.05) is 0 Å². The Hall–Kier alpha value is -2.76. The number of methoxy groups -OCH3 is 1. The van der Waals surface area contributed by atoms with Crippen molar-refractivity contribution in [2.45, 2.75) is 32.3 Å². The summed E-state index contributed by atoms with van der Waals surface area (Å²) in [7, 11) is 1.72. The van der Waals surface area contributed by atoms with E-state index >= 15 is 0 Å². The molecule has 11 nitrogen and oxygen atoms in total. The average Bonchev–Trinajstić information content (AvgIpc) is 3.56. The van der Waals surface area contributed by atoms with Crippen LogP contribution in [0.25, 0.3) is 5.82 Å². The molecule has 0 saturated carbocycles. The number of carbonyl (C=O) groups excluding carboxylic acids is 1. The highest BCUT2D eigenvalue weighted by Crippen LogP contribution is 2.44. The minimum atomic E-state index is -0.436. The molecule has 0 aromatic carbocycles. The SMILES string of the molecule is COC1CN(CCc2ccc(-n3cnnn3)nn2)CCC12CCN(C1=C(C)COC1)C2=O. The first-order valence-electron chi connectivity index (χ1n) is 11.0. The van der Waals surface area contributed by atoms with Gasteiger partial charge in [-0.3, -0.25) is 4.79 Å². The molecule has 2 saturated heterocycles. The van der Waals surface area contributed by atoms with Crippen LogP contribution in [0.5, 0.6) is 0 Å². The number of rotatable bonds is 6. The third kappa shape index (κ3) is 3.70. The Labute approximate surface area is 186 Å². The van der Waals surface area contributed by atoms with E-state index in [0.717, 1.165) is 62.4 Å². The van der Waals surface area contributed by atoms with Crippen molar-refractivity contribution in [2.75, 3.05) is 46.5 Å². The summed E-state index contributed by atoms with van der Waals surface area (Å²) in [5.41, 5.74) is 2.68. The van der Waals surface area contributed by atoms with Crippen LogP contribution in [-0.2, 0) is 20.7 Å². The standard InChI is InChI=1S/C21H28N8O3/c1-15-12-32-13-17(15)28-10-7-21(20(28)30)6-9-27(11-18(21)31-2)8-5-16-3-4-19(24-23-16)29-14-22-25-26-29/h3-4,14,18H,5-13H2,1-2H3. The van der Waals surface area contributed by atoms with Crippen molar-refractivity contribution in [3.05, 3.63) is 35.4 Å². The van der Waals surface area contributed by atoms with Crippen LogP contribution in [0.3, 0.4) is 0 Å². The zero-order chi connectivity index (χ0) is 22.1. The number of carbonyl (C=O) groups is 1. The summed E-state index contributed by atoms with van der Waals surface area (Å²) >= 11 is 0. The van der Waals surface area contributed by atoms with E-state index in [0.29, 0.717) is 19.0 Å². The lowest BCUT2D eigenvalue weighted by Crippen LogP contribution is -2.55. The third-order valence-corrected chi connectivity index (χ3v) is 7.00. The Kier molecular flexibility index (Phi) is 5.70. The molecule has 3 aliphatic heterocycles. The van der Waals surface area contributed by atoms with Crippen LogP contribution in [0.4, 0.5) is 0 Å². The van der Waals surface area contributed by atoms with Gasteiger partial charge >= 0.3 is 0 Å². The number of likely N-dealkylation sites (tertiary alicyclic amines) is 2. The zero-order valence-electron chi connectivity index (χ0n) is 18.5. The average molecular weight is 441 g/mol. The summed E-state index contributed by atoms with van der Waals surface area (Å²) in [6.07, 6.45) is 3.78. The molecular formula is C21H28N8O3. The highest BCUT2D eigenvalue weighted by atomic mass is 16.5. The molecule has 0 N–H and O–H groups in total. The number of tetrazole rings is 1. The zero-order valence-corrected chi connectivity index (χ0v) is 18.5. The number of ether oxygens (including phenoxy) is 2. The predicted molar refractivity (Wildman–Crippen MR) is 113 cm³/mol. The maximum atomic E-state index is 13.5. The highest BCUT2D eigenvalue weighted by molar-refractivity contribution is 5.87. The Morgan fingerprint density at radius 1 is 1.22 bits per heavy atom. The van der Waals surface area contributed by atoms with Gasteiger partial charge in [-0.2, -0.15) is 9.78 Å². The molecule has 170 valence electrons. The van der Waals surface area contributed by atoms with Crippen LogP contribution in [0.1, 0.15) is 25.5 Å². The fourth-order valence-corrected chi connectivity index (χ4v) is 5.06. The maximum absolute atomic E-state index is 13.5. The Morgan fingerprint density at radius 2 is 2.09 bits per heavy atom. The molecule has 1 amide bonds. The van der Waals surface area contributed by atoms with Crippen LogP contribution >= 0.6 is 0 Å². The van der Waals surface area contributed by atoms with Crippen LogP contribution in [0.15, 0.2) is 29.7 Å². The van der Waals surface area contributed by atoms with Crippen molar-refractivity contribution >= 4 is 5.91 Å². The molecular weight excluding hydrogens is 412 g/mol. The second kappa shape index (κ2) is 8.64. The Bertz CT molecular complexity index is 993. The molecule has 2 unspecified atom stereocenters. The summed E-state index contributed by atoms with van der Waals surface area (Å²) in [6, 6.07) is 3.80. The summed E-state index contributed by atoms with van der Waals surface area (Å²) in [5.74, 6) is 0.785. The Morgan fingerprint density at radius 3 is 2.78 bits per heavy atom. The van der Waals surface area contributed by atoms with Crippen LogP contribution < -0.4 is 0 Å². The lowest BCUT2D eigenvalue weighted by Gasteiger charge is -2.43. The van der Waals surface area contributed by atoms with Gasteiger partial charge in [-0.25, -0.2) is 0 Å². The maximum Gasteiger partial charge on any atom is 0.235 e. The largest absolute Gasteiger partial charge is 0.379 e. The summed E-state index contributed by atoms with van der Waals surface area (Å²) in [6.45, 7) is 6.39. The highest BCUT2D eigenvalue weighted by Gasteiger charge is 2.55. The number of amides is 1. The smallest absolute Gasteiger partial charge is 0.235 e. The molecule has 2 atom stereocenters. The van der Waals surface area contributed by atoms with E-state index in [4.69, 9.17) is 9.47 Å². The monoisotopic (exact) mass is 440 g/mol. The molecule has 2 aromatic rings. The second-order valence-electron chi connectivity index (χ2n) is 8.74. The molecule has 2 fully saturated rings. The summed E-state index contributed by atoms with van der Waals surface area (Å²) in [5, 5.41) is 19.5. The topological polar surface area (TPSA) is 111 Å². The minimum absolute atomic E-state index is 0.120. The first kappa shape index (κ1) is 21.1. The summed E-state index contributed by atoms with van der Waals surface area (Å²) in [4.78, 5) is 17.8. The first-order valence-corrected chi connectivity index (χ1v) is 11.0. The number of hydrogen-bond acceptors (Lipinski definition) is 9. The van der Waals surface area contributed by atoms with E-state index < -0.39 is 5.41 Å². The molecule has 0 aliphatic carbocycles. The van der Waals surface area contributed by atoms with Crippen molar-refractivity contribution in [3.8, 4) is 5.82 Å². The molecule has 0 radical (unpaired) electrons. The number of hydrogen-bond donors (Lipinski definition) is 0. The van der Waals surface area contributed by atoms with Gasteiger partial charge in [0, 0.05) is 38.9 Å². The van der Waals surface area contributed by atoms with Crippen LogP contribution in [0, 0.1) is 5.41 Å². The predicted octanol–water partition coefficient (Wildman–Crippen LogP) is 0.238. The fraction of sp³-hybridized carbons (Fsp3) is 0.619. The van der Waals surface area contributed by atoms with Crippen molar-refractivity contribution in [1.29, 1.82) is 0 Å². The van der Waals surface area contributed by atoms with Gasteiger partial charge in [0.2, 0.25) is 5.91 Å². The number of aromatic nitrogens is 6. The van der Waals surface area contributed by atoms with E-state index in [1.807, 2.05) is 17.0 Å². The van der Waals surface area contributed by atoms with Gasteiger partial charge in [0.25, 0.3) is 0 Å². The number of nitrogens with zero attached hydrogens (tertiary/aromatic N) is 8. The van der Waals surface area contributed by atoms with E-state index in [-0.39, 0.29) is 12.0 Å². The normalized spacial score (nSPS) is 26.6. The van der Waals surface area contributed by atoms with E-state index in [9.17, 15) is 4.79 Å². The molecule has 11 heteroatoms. The third-order valence-electron chi connectivity index (χ3n) is 7.00. The second-order valence-corrected chi connectivity index (χ2v) is 8.74. The fourth-order valence-electron chi connectivity index (χ4n) is 5.06. The van der Waals surface area contributed by atoms with Crippen molar-refractivity contribution in [2.24, 2.45) is 5.41 Å². The minimum Gasteiger partial charge on any atom is -0.379 e. The van der Waals surface area contributed by atoms with Gasteiger partial charge in [0.15, 0.2) is 5.82 Å². The van der Waals surface area contributed by atoms with Gasteiger partial charge < -0.3 is 19.3 Å². The van der Waals surface area contributed by atoms with E-state index in [1.54, 1.807) is 7.11 Å². The molecule has 0 bridgehead atoms. The number of piperidine rings is 1. The van der Waals surface area contributed by atoms with Gasteiger partial charge in [-0.05, 0) is 54.4 Å². The van der Waals surface area contributed by atoms with Gasteiger partial charge in [0.1, 0.15) is 6.33 Å². The molecule has 5 heterocycles. The van der Waals surface area contributed by atoms with E-state index in [2.05, 4.69) is 37.5 Å².